The Labute approximate surface area is 115 Å². The van der Waals surface area contributed by atoms with Crippen LogP contribution in [0.25, 0.3) is 0 Å². The first-order chi connectivity index (χ1) is 8.74. The van der Waals surface area contributed by atoms with Gasteiger partial charge in [-0.15, -0.1) is 11.8 Å². The molecule has 2 rings (SSSR count). The Morgan fingerprint density at radius 1 is 1.33 bits per heavy atom. The molecule has 100 valence electrons. The number of rotatable bonds is 4. The molecule has 2 unspecified atom stereocenters. The van der Waals surface area contributed by atoms with Crippen molar-refractivity contribution in [2.45, 2.75) is 43.7 Å². The van der Waals surface area contributed by atoms with Crippen molar-refractivity contribution in [2.75, 3.05) is 24.2 Å². The highest BCUT2D eigenvalue weighted by Crippen LogP contribution is 2.26. The number of nitrogens with one attached hydrogen (secondary N) is 1. The van der Waals surface area contributed by atoms with Gasteiger partial charge in [-0.25, -0.2) is 0 Å². The van der Waals surface area contributed by atoms with Gasteiger partial charge in [-0.1, -0.05) is 6.92 Å². The zero-order valence-corrected chi connectivity index (χ0v) is 12.5. The largest absolute Gasteiger partial charge is 0.369 e. The van der Waals surface area contributed by atoms with Gasteiger partial charge in [0, 0.05) is 29.2 Å². The lowest BCUT2D eigenvalue weighted by atomic mass is 9.97. The molecule has 0 bridgehead atoms. The molecule has 2 atom stereocenters. The molecule has 1 heterocycles. The fourth-order valence-corrected chi connectivity index (χ4v) is 3.21. The van der Waals surface area contributed by atoms with E-state index in [-0.39, 0.29) is 0 Å². The van der Waals surface area contributed by atoms with Crippen LogP contribution in [0.4, 0.5) is 5.69 Å². The van der Waals surface area contributed by atoms with Gasteiger partial charge < -0.3 is 10.2 Å². The minimum atomic E-state index is 0.628. The van der Waals surface area contributed by atoms with Gasteiger partial charge >= 0.3 is 0 Å². The first-order valence-corrected chi connectivity index (χ1v) is 8.11. The molecule has 1 aromatic rings. The maximum Gasteiger partial charge on any atom is 0.0369 e. The Kier molecular flexibility index (Phi) is 4.95. The summed E-state index contributed by atoms with van der Waals surface area (Å²) in [5.41, 5.74) is 1.37. The summed E-state index contributed by atoms with van der Waals surface area (Å²) in [5, 5.41) is 3.58. The van der Waals surface area contributed by atoms with Gasteiger partial charge in [-0.3, -0.25) is 0 Å². The second-order valence-corrected chi connectivity index (χ2v) is 5.90. The highest BCUT2D eigenvalue weighted by molar-refractivity contribution is 7.98. The van der Waals surface area contributed by atoms with Crippen LogP contribution in [0.5, 0.6) is 0 Å². The van der Waals surface area contributed by atoms with E-state index in [9.17, 15) is 0 Å². The van der Waals surface area contributed by atoms with Crippen molar-refractivity contribution in [3.63, 3.8) is 0 Å². The van der Waals surface area contributed by atoms with E-state index in [1.807, 2.05) is 0 Å². The van der Waals surface area contributed by atoms with E-state index >= 15 is 0 Å². The second-order valence-electron chi connectivity index (χ2n) is 5.02. The first-order valence-electron chi connectivity index (χ1n) is 6.88. The Morgan fingerprint density at radius 2 is 2.06 bits per heavy atom. The van der Waals surface area contributed by atoms with E-state index in [0.29, 0.717) is 12.1 Å². The fourth-order valence-electron chi connectivity index (χ4n) is 2.80. The summed E-state index contributed by atoms with van der Waals surface area (Å²) in [5.74, 6) is 0. The molecular formula is C15H24N2S. The topological polar surface area (TPSA) is 15.3 Å². The van der Waals surface area contributed by atoms with E-state index in [0.717, 1.165) is 13.1 Å². The van der Waals surface area contributed by atoms with Gasteiger partial charge in [0.25, 0.3) is 0 Å². The number of hydrogen-bond acceptors (Lipinski definition) is 3. The predicted octanol–water partition coefficient (Wildman–Crippen LogP) is 3.38. The quantitative estimate of drug-likeness (QED) is 0.839. The zero-order chi connectivity index (χ0) is 13.0. The molecule has 0 saturated carbocycles. The lowest BCUT2D eigenvalue weighted by Crippen LogP contribution is -2.47. The highest BCUT2D eigenvalue weighted by atomic mass is 32.2. The molecule has 0 radical (unpaired) electrons. The summed E-state index contributed by atoms with van der Waals surface area (Å²) in [4.78, 5) is 3.88. The monoisotopic (exact) mass is 264 g/mol. The molecule has 1 N–H and O–H groups in total. The molecule has 1 aliphatic rings. The summed E-state index contributed by atoms with van der Waals surface area (Å²) in [7, 11) is 0. The van der Waals surface area contributed by atoms with Gasteiger partial charge in [-0.05, 0) is 56.8 Å². The van der Waals surface area contributed by atoms with E-state index in [1.54, 1.807) is 11.8 Å². The lowest BCUT2D eigenvalue weighted by Gasteiger charge is -2.39. The Morgan fingerprint density at radius 3 is 2.61 bits per heavy atom. The molecule has 0 amide bonds. The predicted molar refractivity (Wildman–Crippen MR) is 81.7 cm³/mol. The minimum Gasteiger partial charge on any atom is -0.369 e. The maximum absolute atomic E-state index is 3.58. The Bertz CT molecular complexity index is 363. The van der Waals surface area contributed by atoms with E-state index < -0.39 is 0 Å². The van der Waals surface area contributed by atoms with Crippen molar-refractivity contribution in [1.82, 2.24) is 5.32 Å². The third-order valence-corrected chi connectivity index (χ3v) is 4.52. The van der Waals surface area contributed by atoms with Crippen molar-refractivity contribution >= 4 is 17.4 Å². The van der Waals surface area contributed by atoms with Crippen LogP contribution in [0.3, 0.4) is 0 Å². The fraction of sp³-hybridized carbons (Fsp3) is 0.600. The van der Waals surface area contributed by atoms with Crippen LogP contribution < -0.4 is 10.2 Å². The van der Waals surface area contributed by atoms with Gasteiger partial charge in [0.05, 0.1) is 0 Å². The van der Waals surface area contributed by atoms with Gasteiger partial charge in [-0.2, -0.15) is 0 Å². The van der Waals surface area contributed by atoms with Crippen molar-refractivity contribution in [2.24, 2.45) is 0 Å². The van der Waals surface area contributed by atoms with Crippen LogP contribution in [0.15, 0.2) is 29.2 Å². The van der Waals surface area contributed by atoms with E-state index in [2.05, 4.69) is 54.6 Å². The number of hydrogen-bond donors (Lipinski definition) is 1. The molecule has 0 aliphatic carbocycles. The molecule has 18 heavy (non-hydrogen) atoms. The summed E-state index contributed by atoms with van der Waals surface area (Å²) >= 11 is 1.80. The van der Waals surface area contributed by atoms with Crippen LogP contribution in [-0.4, -0.2) is 31.4 Å². The van der Waals surface area contributed by atoms with Crippen LogP contribution in [0.2, 0.25) is 0 Å². The number of piperidine rings is 1. The van der Waals surface area contributed by atoms with Crippen molar-refractivity contribution < 1.29 is 0 Å². The summed E-state index contributed by atoms with van der Waals surface area (Å²) in [6, 6.07) is 10.3. The van der Waals surface area contributed by atoms with Crippen LogP contribution >= 0.6 is 11.8 Å². The smallest absolute Gasteiger partial charge is 0.0369 e. The van der Waals surface area contributed by atoms with Crippen molar-refractivity contribution in [3.05, 3.63) is 24.3 Å². The molecular weight excluding hydrogens is 240 g/mol. The SMILES string of the molecule is CCNC1CCN(c2ccc(SC)cc2)C(C)C1. The average molecular weight is 264 g/mol. The number of thioether (sulfide) groups is 1. The van der Waals surface area contributed by atoms with Crippen molar-refractivity contribution in [3.8, 4) is 0 Å². The number of anilines is 1. The molecule has 1 aromatic carbocycles. The maximum atomic E-state index is 3.58. The molecule has 0 spiro atoms. The zero-order valence-electron chi connectivity index (χ0n) is 11.6. The molecule has 2 nitrogen and oxygen atoms in total. The van der Waals surface area contributed by atoms with E-state index in [1.165, 1.54) is 23.4 Å². The van der Waals surface area contributed by atoms with E-state index in [4.69, 9.17) is 0 Å². The molecule has 1 saturated heterocycles. The summed E-state index contributed by atoms with van der Waals surface area (Å²) in [6.07, 6.45) is 4.63. The third kappa shape index (κ3) is 3.21. The van der Waals surface area contributed by atoms with Gasteiger partial charge in [0.1, 0.15) is 0 Å². The molecule has 1 fully saturated rings. The summed E-state index contributed by atoms with van der Waals surface area (Å²) in [6.45, 7) is 6.78. The van der Waals surface area contributed by atoms with Gasteiger partial charge in [0.2, 0.25) is 0 Å². The third-order valence-electron chi connectivity index (χ3n) is 3.77. The Hall–Kier alpha value is -0.670. The van der Waals surface area contributed by atoms with Crippen LogP contribution in [0, 0.1) is 0 Å². The Balaban J connectivity index is 2.00. The average Bonchev–Trinajstić information content (AvgIpc) is 2.40. The van der Waals surface area contributed by atoms with Crippen LogP contribution in [-0.2, 0) is 0 Å². The molecule has 1 aliphatic heterocycles. The first kappa shape index (κ1) is 13.8. The molecule has 3 heteroatoms. The van der Waals surface area contributed by atoms with Crippen LogP contribution in [0.1, 0.15) is 26.7 Å². The van der Waals surface area contributed by atoms with Crippen molar-refractivity contribution in [1.29, 1.82) is 0 Å². The summed E-state index contributed by atoms with van der Waals surface area (Å²) < 4.78 is 0. The highest BCUT2D eigenvalue weighted by Gasteiger charge is 2.24. The second kappa shape index (κ2) is 6.48. The number of benzene rings is 1. The standard InChI is InChI=1S/C15H24N2S/c1-4-16-13-9-10-17(12(2)11-13)14-5-7-15(18-3)8-6-14/h5-8,12-13,16H,4,9-11H2,1-3H3. The number of nitrogens with zero attached hydrogens (tertiary/aromatic N) is 1. The van der Waals surface area contributed by atoms with Gasteiger partial charge in [0.15, 0.2) is 0 Å². The minimum absolute atomic E-state index is 0.628. The normalized spacial score (nSPS) is 24.3. The lowest BCUT2D eigenvalue weighted by molar-refractivity contribution is 0.374. The molecule has 0 aromatic heterocycles.